The number of carbonyl (C=O) groups is 1. The van der Waals surface area contributed by atoms with Crippen LogP contribution in [0.15, 0.2) is 83.1 Å². The number of aromatic nitrogens is 1. The molecule has 2 heterocycles. The molecule has 0 saturated heterocycles. The molecule has 2 N–H and O–H groups in total. The van der Waals surface area contributed by atoms with Gasteiger partial charge in [-0.15, -0.1) is 11.3 Å². The third-order valence-corrected chi connectivity index (χ3v) is 7.25. The van der Waals surface area contributed by atoms with Crippen molar-refractivity contribution >= 4 is 38.6 Å². The Balaban J connectivity index is 1.25. The molecule has 4 aromatic rings. The predicted molar refractivity (Wildman–Crippen MR) is 130 cm³/mol. The zero-order valence-electron chi connectivity index (χ0n) is 17.7. The van der Waals surface area contributed by atoms with E-state index >= 15 is 0 Å². The molecule has 3 aromatic carbocycles. The molecule has 0 atom stereocenters. The number of amides is 1. The summed E-state index contributed by atoms with van der Waals surface area (Å²) in [6.45, 7) is 0.794. The summed E-state index contributed by atoms with van der Waals surface area (Å²) in [7, 11) is -3.83. The normalized spacial score (nSPS) is 12.7. The van der Waals surface area contributed by atoms with Crippen LogP contribution in [0.25, 0.3) is 10.6 Å². The minimum atomic E-state index is -3.83. The highest BCUT2D eigenvalue weighted by atomic mass is 32.2. The molecule has 1 aliphatic heterocycles. The SMILES string of the molecule is O=C(Nc1ccc(NS(=O)(=O)c2ccc3c(c2)OCCO3)cc1)c1csc(-c2ccccc2)n1. The zero-order valence-corrected chi connectivity index (χ0v) is 19.4. The van der Waals surface area contributed by atoms with Crippen LogP contribution in [0.2, 0.25) is 0 Å². The number of nitrogens with one attached hydrogen (secondary N) is 2. The van der Waals surface area contributed by atoms with E-state index in [2.05, 4.69) is 15.0 Å². The summed E-state index contributed by atoms with van der Waals surface area (Å²) < 4.78 is 39.0. The van der Waals surface area contributed by atoms with Crippen LogP contribution >= 0.6 is 11.3 Å². The van der Waals surface area contributed by atoms with E-state index in [0.29, 0.717) is 41.8 Å². The third kappa shape index (κ3) is 4.73. The molecule has 0 fully saturated rings. The summed E-state index contributed by atoms with van der Waals surface area (Å²) in [5.74, 6) is 0.564. The van der Waals surface area contributed by atoms with Crippen molar-refractivity contribution in [1.29, 1.82) is 0 Å². The van der Waals surface area contributed by atoms with Gasteiger partial charge in [-0.1, -0.05) is 30.3 Å². The Kier molecular flexibility index (Phi) is 5.91. The van der Waals surface area contributed by atoms with Crippen molar-refractivity contribution in [2.24, 2.45) is 0 Å². The van der Waals surface area contributed by atoms with Crippen LogP contribution < -0.4 is 19.5 Å². The number of hydrogen-bond donors (Lipinski definition) is 2. The van der Waals surface area contributed by atoms with Gasteiger partial charge in [0.15, 0.2) is 11.5 Å². The summed E-state index contributed by atoms with van der Waals surface area (Å²) in [6, 6.07) is 20.5. The van der Waals surface area contributed by atoms with Crippen LogP contribution in [0.1, 0.15) is 10.5 Å². The molecule has 0 saturated carbocycles. The average Bonchev–Trinajstić information content (AvgIpc) is 3.36. The van der Waals surface area contributed by atoms with Crippen LogP contribution in [0, 0.1) is 0 Å². The number of rotatable bonds is 6. The number of nitrogens with zero attached hydrogens (tertiary/aromatic N) is 1. The van der Waals surface area contributed by atoms with Gasteiger partial charge in [0.1, 0.15) is 23.9 Å². The molecule has 8 nitrogen and oxygen atoms in total. The molecule has 0 aliphatic carbocycles. The van der Waals surface area contributed by atoms with Gasteiger partial charge in [0.25, 0.3) is 15.9 Å². The number of carbonyl (C=O) groups excluding carboxylic acids is 1. The lowest BCUT2D eigenvalue weighted by atomic mass is 10.2. The molecule has 1 amide bonds. The summed E-state index contributed by atoms with van der Waals surface area (Å²) in [4.78, 5) is 17.0. The first kappa shape index (κ1) is 21.9. The van der Waals surface area contributed by atoms with E-state index < -0.39 is 10.0 Å². The summed E-state index contributed by atoms with van der Waals surface area (Å²) in [5, 5.41) is 5.24. The Morgan fingerprint density at radius 1 is 0.882 bits per heavy atom. The van der Waals surface area contributed by atoms with Crippen LogP contribution in [-0.2, 0) is 10.0 Å². The van der Waals surface area contributed by atoms with E-state index in [9.17, 15) is 13.2 Å². The largest absolute Gasteiger partial charge is 0.486 e. The van der Waals surface area contributed by atoms with Gasteiger partial charge in [-0.2, -0.15) is 0 Å². The molecule has 5 rings (SSSR count). The highest BCUT2D eigenvalue weighted by molar-refractivity contribution is 7.92. The van der Waals surface area contributed by atoms with Crippen molar-refractivity contribution in [3.63, 3.8) is 0 Å². The van der Waals surface area contributed by atoms with Crippen molar-refractivity contribution in [2.45, 2.75) is 4.90 Å². The second kappa shape index (κ2) is 9.16. The molecule has 0 radical (unpaired) electrons. The summed E-state index contributed by atoms with van der Waals surface area (Å²) >= 11 is 1.39. The quantitative estimate of drug-likeness (QED) is 0.406. The zero-order chi connectivity index (χ0) is 23.5. The molecular formula is C24H19N3O5S2. The second-order valence-corrected chi connectivity index (χ2v) is 9.89. The van der Waals surface area contributed by atoms with Gasteiger partial charge in [-0.05, 0) is 36.4 Å². The van der Waals surface area contributed by atoms with E-state index in [0.717, 1.165) is 10.6 Å². The summed E-state index contributed by atoms with van der Waals surface area (Å²) in [5.41, 5.74) is 2.13. The Hall–Kier alpha value is -3.89. The lowest BCUT2D eigenvalue weighted by Gasteiger charge is -2.19. The van der Waals surface area contributed by atoms with Gasteiger partial charge >= 0.3 is 0 Å². The van der Waals surface area contributed by atoms with E-state index in [1.165, 1.54) is 23.5 Å². The minimum Gasteiger partial charge on any atom is -0.486 e. The Bertz CT molecular complexity index is 1440. The van der Waals surface area contributed by atoms with E-state index in [1.807, 2.05) is 30.3 Å². The van der Waals surface area contributed by atoms with Crippen LogP contribution in [0.4, 0.5) is 11.4 Å². The Labute approximate surface area is 200 Å². The van der Waals surface area contributed by atoms with Gasteiger partial charge in [0, 0.05) is 28.4 Å². The fourth-order valence-corrected chi connectivity index (χ4v) is 5.19. The lowest BCUT2D eigenvalue weighted by molar-refractivity contribution is 0.102. The van der Waals surface area contributed by atoms with Gasteiger partial charge in [-0.25, -0.2) is 13.4 Å². The van der Waals surface area contributed by atoms with Crippen molar-refractivity contribution in [3.8, 4) is 22.1 Å². The first-order valence-corrected chi connectivity index (χ1v) is 12.7. The van der Waals surface area contributed by atoms with Crippen molar-refractivity contribution in [3.05, 3.63) is 83.9 Å². The van der Waals surface area contributed by atoms with Crippen LogP contribution in [0.5, 0.6) is 11.5 Å². The first-order chi connectivity index (χ1) is 16.5. The minimum absolute atomic E-state index is 0.0619. The number of thiazole rings is 1. The van der Waals surface area contributed by atoms with Gasteiger partial charge in [-0.3, -0.25) is 9.52 Å². The van der Waals surface area contributed by atoms with Crippen molar-refractivity contribution in [1.82, 2.24) is 4.98 Å². The van der Waals surface area contributed by atoms with Crippen LogP contribution in [0.3, 0.4) is 0 Å². The topological polar surface area (TPSA) is 107 Å². The highest BCUT2D eigenvalue weighted by Gasteiger charge is 2.20. The lowest BCUT2D eigenvalue weighted by Crippen LogP contribution is -2.17. The number of anilines is 2. The van der Waals surface area contributed by atoms with Crippen molar-refractivity contribution in [2.75, 3.05) is 23.3 Å². The molecule has 0 bridgehead atoms. The van der Waals surface area contributed by atoms with Gasteiger partial charge < -0.3 is 14.8 Å². The smallest absolute Gasteiger partial charge is 0.275 e. The van der Waals surface area contributed by atoms with Gasteiger partial charge in [0.2, 0.25) is 0 Å². The highest BCUT2D eigenvalue weighted by Crippen LogP contribution is 2.33. The van der Waals surface area contributed by atoms with E-state index in [1.54, 1.807) is 35.7 Å². The molecule has 0 spiro atoms. The molecule has 0 unspecified atom stereocenters. The van der Waals surface area contributed by atoms with Crippen LogP contribution in [-0.4, -0.2) is 32.5 Å². The maximum Gasteiger partial charge on any atom is 0.275 e. The number of ether oxygens (including phenoxy) is 2. The fraction of sp³-hybridized carbons (Fsp3) is 0.0833. The number of fused-ring (bicyclic) bond motifs is 1. The molecule has 172 valence electrons. The second-order valence-electron chi connectivity index (χ2n) is 7.35. The molecule has 34 heavy (non-hydrogen) atoms. The maximum atomic E-state index is 12.8. The van der Waals surface area contributed by atoms with Gasteiger partial charge in [0.05, 0.1) is 4.90 Å². The predicted octanol–water partition coefficient (Wildman–Crippen LogP) is 4.63. The van der Waals surface area contributed by atoms with Crippen molar-refractivity contribution < 1.29 is 22.7 Å². The number of benzene rings is 3. The first-order valence-electron chi connectivity index (χ1n) is 10.3. The molecule has 1 aromatic heterocycles. The van der Waals surface area contributed by atoms with E-state index in [-0.39, 0.29) is 10.8 Å². The number of sulfonamides is 1. The number of hydrogen-bond acceptors (Lipinski definition) is 7. The summed E-state index contributed by atoms with van der Waals surface area (Å²) in [6.07, 6.45) is 0. The standard InChI is InChI=1S/C24H19N3O5S2/c28-23(20-15-33-24(26-20)16-4-2-1-3-5-16)25-17-6-8-18(9-7-17)27-34(29,30)19-10-11-21-22(14-19)32-13-12-31-21/h1-11,14-15,27H,12-13H2,(H,25,28). The molecular weight excluding hydrogens is 474 g/mol. The molecule has 1 aliphatic rings. The maximum absolute atomic E-state index is 12.8. The average molecular weight is 494 g/mol. The Morgan fingerprint density at radius 3 is 2.35 bits per heavy atom. The monoisotopic (exact) mass is 493 g/mol. The fourth-order valence-electron chi connectivity index (χ4n) is 3.31. The molecule has 10 heteroatoms. The Morgan fingerprint density at radius 2 is 1.59 bits per heavy atom. The third-order valence-electron chi connectivity index (χ3n) is 4.98. The van der Waals surface area contributed by atoms with E-state index in [4.69, 9.17) is 9.47 Å².